The minimum absolute atomic E-state index is 0.0105. The molecule has 0 atom stereocenters. The van der Waals surface area contributed by atoms with Crippen molar-refractivity contribution < 1.29 is 13.2 Å². The number of carbonyl (C=O) groups excluding carboxylic acids is 1. The highest BCUT2D eigenvalue weighted by molar-refractivity contribution is 9.10. The zero-order valence-electron chi connectivity index (χ0n) is 17.4. The average molecular weight is 534 g/mol. The quantitative estimate of drug-likeness (QED) is 0.423. The van der Waals surface area contributed by atoms with Crippen LogP contribution in [-0.2, 0) is 10.0 Å². The first-order chi connectivity index (χ1) is 15.0. The lowest BCUT2D eigenvalue weighted by molar-refractivity contribution is 0.0977. The summed E-state index contributed by atoms with van der Waals surface area (Å²) in [4.78, 5) is 20.6. The molecule has 0 spiro atoms. The van der Waals surface area contributed by atoms with Crippen molar-refractivity contribution in [2.24, 2.45) is 0 Å². The summed E-state index contributed by atoms with van der Waals surface area (Å²) in [6, 6.07) is 12.9. The Morgan fingerprint density at radius 2 is 1.59 bits per heavy atom. The lowest BCUT2D eigenvalue weighted by Crippen LogP contribution is -2.34. The summed E-state index contributed by atoms with van der Waals surface area (Å²) >= 11 is 8.58. The van der Waals surface area contributed by atoms with Crippen LogP contribution in [0.4, 0.5) is 11.6 Å². The number of halogens is 1. The largest absolute Gasteiger partial charge is 0.332 e. The summed E-state index contributed by atoms with van der Waals surface area (Å²) in [6.07, 6.45) is 0. The summed E-state index contributed by atoms with van der Waals surface area (Å²) in [5, 5.41) is 5.54. The maximum Gasteiger partial charge on any atom is 0.264 e. The Kier molecular flexibility index (Phi) is 7.22. The highest BCUT2D eigenvalue weighted by atomic mass is 79.9. The number of sulfonamides is 1. The normalized spacial score (nSPS) is 11.0. The van der Waals surface area contributed by atoms with Gasteiger partial charge in [0, 0.05) is 27.1 Å². The molecular weight excluding hydrogens is 514 g/mol. The second kappa shape index (κ2) is 9.72. The first-order valence-corrected chi connectivity index (χ1v) is 12.1. The maximum atomic E-state index is 12.6. The van der Waals surface area contributed by atoms with Crippen molar-refractivity contribution in [3.8, 4) is 0 Å². The number of hydrogen-bond acceptors (Lipinski definition) is 6. The Labute approximate surface area is 200 Å². The zero-order chi connectivity index (χ0) is 23.5. The van der Waals surface area contributed by atoms with Crippen LogP contribution in [0.2, 0.25) is 0 Å². The minimum Gasteiger partial charge on any atom is -0.332 e. The van der Waals surface area contributed by atoms with Crippen LogP contribution in [0.3, 0.4) is 0 Å². The van der Waals surface area contributed by atoms with Crippen molar-refractivity contribution >= 4 is 60.8 Å². The van der Waals surface area contributed by atoms with Crippen molar-refractivity contribution in [2.75, 3.05) is 10.0 Å². The second-order valence-corrected chi connectivity index (χ2v) is 9.92. The molecule has 0 aliphatic heterocycles. The molecule has 32 heavy (non-hydrogen) atoms. The van der Waals surface area contributed by atoms with Gasteiger partial charge in [0.05, 0.1) is 4.90 Å². The van der Waals surface area contributed by atoms with Crippen molar-refractivity contribution in [3.63, 3.8) is 0 Å². The molecule has 1 amide bonds. The Bertz CT molecular complexity index is 1280. The molecule has 1 heterocycles. The third-order valence-electron chi connectivity index (χ3n) is 4.29. The standard InChI is InChI=1S/C21H20BrN5O3S2/c1-12-4-5-15(11-18(12)22)19(28)26-21(31)25-16-6-8-17(9-7-16)32(29,30)27-20-23-13(2)10-14(3)24-20/h4-11H,1-3H3,(H,23,24,27)(H2,25,26,28,31). The van der Waals surface area contributed by atoms with Crippen LogP contribution >= 0.6 is 28.1 Å². The monoisotopic (exact) mass is 533 g/mol. The van der Waals surface area contributed by atoms with Crippen LogP contribution in [0, 0.1) is 20.8 Å². The van der Waals surface area contributed by atoms with E-state index >= 15 is 0 Å². The predicted molar refractivity (Wildman–Crippen MR) is 131 cm³/mol. The summed E-state index contributed by atoms with van der Waals surface area (Å²) in [5.41, 5.74) is 3.29. The van der Waals surface area contributed by atoms with Gasteiger partial charge < -0.3 is 5.32 Å². The van der Waals surface area contributed by atoms with Gasteiger partial charge in [-0.1, -0.05) is 22.0 Å². The third kappa shape index (κ3) is 6.09. The Morgan fingerprint density at radius 3 is 2.19 bits per heavy atom. The van der Waals surface area contributed by atoms with Gasteiger partial charge in [-0.25, -0.2) is 23.1 Å². The highest BCUT2D eigenvalue weighted by Crippen LogP contribution is 2.19. The van der Waals surface area contributed by atoms with E-state index in [2.05, 4.69) is 41.3 Å². The fourth-order valence-corrected chi connectivity index (χ4v) is 4.27. The van der Waals surface area contributed by atoms with Crippen LogP contribution in [0.5, 0.6) is 0 Å². The van der Waals surface area contributed by atoms with Gasteiger partial charge >= 0.3 is 0 Å². The highest BCUT2D eigenvalue weighted by Gasteiger charge is 2.16. The number of nitrogens with one attached hydrogen (secondary N) is 3. The number of rotatable bonds is 5. The van der Waals surface area contributed by atoms with Crippen LogP contribution in [0.25, 0.3) is 0 Å². The smallest absolute Gasteiger partial charge is 0.264 e. The molecule has 166 valence electrons. The zero-order valence-corrected chi connectivity index (χ0v) is 20.7. The summed E-state index contributed by atoms with van der Waals surface area (Å²) < 4.78 is 28.4. The van der Waals surface area contributed by atoms with E-state index < -0.39 is 10.0 Å². The van der Waals surface area contributed by atoms with E-state index in [9.17, 15) is 13.2 Å². The van der Waals surface area contributed by atoms with Crippen molar-refractivity contribution in [1.82, 2.24) is 15.3 Å². The van der Waals surface area contributed by atoms with Gasteiger partial charge in [0.1, 0.15) is 0 Å². The van der Waals surface area contributed by atoms with Crippen molar-refractivity contribution in [2.45, 2.75) is 25.7 Å². The molecule has 0 aliphatic rings. The molecule has 1 aromatic heterocycles. The maximum absolute atomic E-state index is 12.6. The summed E-state index contributed by atoms with van der Waals surface area (Å²) in [5.74, 6) is -0.351. The van der Waals surface area contributed by atoms with E-state index in [4.69, 9.17) is 12.2 Å². The fraction of sp³-hybridized carbons (Fsp3) is 0.143. The van der Waals surface area contributed by atoms with Gasteiger partial charge in [-0.2, -0.15) is 0 Å². The predicted octanol–water partition coefficient (Wildman–Crippen LogP) is 4.09. The fourth-order valence-electron chi connectivity index (χ4n) is 2.74. The molecule has 3 aromatic rings. The summed E-state index contributed by atoms with van der Waals surface area (Å²) in [7, 11) is -3.86. The number of thiocarbonyl (C=S) groups is 1. The van der Waals surface area contributed by atoms with Gasteiger partial charge in [0.25, 0.3) is 15.9 Å². The second-order valence-electron chi connectivity index (χ2n) is 6.98. The SMILES string of the molecule is Cc1cc(C)nc(NS(=O)(=O)c2ccc(NC(=S)NC(=O)c3ccc(C)c(Br)c3)cc2)n1. The van der Waals surface area contributed by atoms with Gasteiger partial charge in [-0.3, -0.25) is 10.1 Å². The summed E-state index contributed by atoms with van der Waals surface area (Å²) in [6.45, 7) is 5.44. The number of nitrogens with zero attached hydrogens (tertiary/aromatic N) is 2. The van der Waals surface area contributed by atoms with E-state index in [-0.39, 0.29) is 21.9 Å². The molecule has 2 aromatic carbocycles. The first-order valence-electron chi connectivity index (χ1n) is 9.37. The number of aryl methyl sites for hydroxylation is 3. The number of benzene rings is 2. The Balaban J connectivity index is 1.65. The van der Waals surface area contributed by atoms with Gasteiger partial charge in [0.2, 0.25) is 5.95 Å². The molecule has 0 radical (unpaired) electrons. The van der Waals surface area contributed by atoms with Crippen LogP contribution < -0.4 is 15.4 Å². The molecule has 0 unspecified atom stereocenters. The molecule has 3 N–H and O–H groups in total. The van der Waals surface area contributed by atoms with E-state index in [1.54, 1.807) is 32.0 Å². The molecule has 0 aliphatic carbocycles. The average Bonchev–Trinajstić information content (AvgIpc) is 2.69. The number of amides is 1. The van der Waals surface area contributed by atoms with Crippen molar-refractivity contribution in [1.29, 1.82) is 0 Å². The topological polar surface area (TPSA) is 113 Å². The van der Waals surface area contributed by atoms with Crippen LogP contribution in [0.1, 0.15) is 27.3 Å². The number of carbonyl (C=O) groups is 1. The Morgan fingerprint density at radius 1 is 0.969 bits per heavy atom. The molecule has 0 saturated carbocycles. The third-order valence-corrected chi connectivity index (χ3v) is 6.69. The molecule has 0 fully saturated rings. The molecule has 11 heteroatoms. The minimum atomic E-state index is -3.86. The van der Waals surface area contributed by atoms with E-state index in [1.165, 1.54) is 24.3 Å². The number of hydrogen-bond donors (Lipinski definition) is 3. The van der Waals surface area contributed by atoms with Gasteiger partial charge in [-0.15, -0.1) is 0 Å². The van der Waals surface area contributed by atoms with E-state index in [1.807, 2.05) is 13.0 Å². The van der Waals surface area contributed by atoms with Crippen LogP contribution in [0.15, 0.2) is 57.9 Å². The van der Waals surface area contributed by atoms with Crippen molar-refractivity contribution in [3.05, 3.63) is 75.5 Å². The van der Waals surface area contributed by atoms with E-state index in [0.717, 1.165) is 10.0 Å². The molecule has 0 bridgehead atoms. The number of anilines is 2. The molecule has 0 saturated heterocycles. The van der Waals surface area contributed by atoms with Crippen LogP contribution in [-0.4, -0.2) is 29.4 Å². The number of aromatic nitrogens is 2. The van der Waals surface area contributed by atoms with E-state index in [0.29, 0.717) is 22.6 Å². The first kappa shape index (κ1) is 23.8. The van der Waals surface area contributed by atoms with Gasteiger partial charge in [-0.05, 0) is 81.0 Å². The molecular formula is C21H20BrN5O3S2. The molecule has 8 nitrogen and oxygen atoms in total. The lowest BCUT2D eigenvalue weighted by atomic mass is 10.1. The Hall–Kier alpha value is -2.89. The lowest BCUT2D eigenvalue weighted by Gasteiger charge is -2.11. The van der Waals surface area contributed by atoms with Gasteiger partial charge in [0.15, 0.2) is 5.11 Å². The molecule has 3 rings (SSSR count).